The molecule has 1 unspecified atom stereocenters. The molecule has 2 aromatic rings. The minimum absolute atomic E-state index is 0.217. The van der Waals surface area contributed by atoms with Crippen LogP contribution in [0.2, 0.25) is 0 Å². The highest BCUT2D eigenvalue weighted by Crippen LogP contribution is 2.21. The van der Waals surface area contributed by atoms with Crippen molar-refractivity contribution in [2.45, 2.75) is 19.5 Å². The molecule has 0 spiro atoms. The SMILES string of the molecule is CC(c1ccc(F)c(F)c1)N(C)C(=O)Cn1cc(C(=O)O)nn1. The van der Waals surface area contributed by atoms with Gasteiger partial charge in [-0.15, -0.1) is 5.10 Å². The van der Waals surface area contributed by atoms with Crippen LogP contribution < -0.4 is 0 Å². The lowest BCUT2D eigenvalue weighted by molar-refractivity contribution is -0.132. The van der Waals surface area contributed by atoms with Crippen LogP contribution in [0.4, 0.5) is 8.78 Å². The van der Waals surface area contributed by atoms with Crippen LogP contribution in [0.15, 0.2) is 24.4 Å². The average molecular weight is 324 g/mol. The largest absolute Gasteiger partial charge is 0.476 e. The summed E-state index contributed by atoms with van der Waals surface area (Å²) in [7, 11) is 1.50. The monoisotopic (exact) mass is 324 g/mol. The zero-order valence-corrected chi connectivity index (χ0v) is 12.4. The normalized spacial score (nSPS) is 12.0. The van der Waals surface area contributed by atoms with Crippen LogP contribution in [0.1, 0.15) is 29.0 Å². The number of carboxylic acid groups (broad SMARTS) is 1. The standard InChI is InChI=1S/C14H14F2N4O3/c1-8(9-3-4-10(15)11(16)5-9)19(2)13(21)7-20-6-12(14(22)23)17-18-20/h3-6,8H,7H2,1-2H3,(H,22,23). The number of aromatic carboxylic acids is 1. The molecule has 0 aliphatic rings. The van der Waals surface area contributed by atoms with Crippen LogP contribution in [0, 0.1) is 11.6 Å². The summed E-state index contributed by atoms with van der Waals surface area (Å²) in [6.07, 6.45) is 1.14. The van der Waals surface area contributed by atoms with E-state index in [1.807, 2.05) is 0 Å². The van der Waals surface area contributed by atoms with Crippen molar-refractivity contribution in [1.29, 1.82) is 0 Å². The summed E-state index contributed by atoms with van der Waals surface area (Å²) in [6.45, 7) is 1.44. The van der Waals surface area contributed by atoms with E-state index in [4.69, 9.17) is 5.11 Å². The molecule has 0 fully saturated rings. The minimum Gasteiger partial charge on any atom is -0.476 e. The summed E-state index contributed by atoms with van der Waals surface area (Å²) < 4.78 is 27.3. The molecule has 1 aromatic carbocycles. The predicted octanol–water partition coefficient (Wildman–Crippen LogP) is 1.47. The van der Waals surface area contributed by atoms with E-state index in [-0.39, 0.29) is 18.1 Å². The van der Waals surface area contributed by atoms with E-state index < -0.39 is 23.6 Å². The molecule has 1 amide bonds. The fourth-order valence-corrected chi connectivity index (χ4v) is 1.94. The van der Waals surface area contributed by atoms with Gasteiger partial charge in [0.2, 0.25) is 5.91 Å². The van der Waals surface area contributed by atoms with Crippen LogP contribution in [-0.2, 0) is 11.3 Å². The second kappa shape index (κ2) is 6.51. The van der Waals surface area contributed by atoms with E-state index >= 15 is 0 Å². The molecule has 0 saturated heterocycles. The molecular formula is C14H14F2N4O3. The van der Waals surface area contributed by atoms with Crippen molar-refractivity contribution in [3.05, 3.63) is 47.3 Å². The number of carbonyl (C=O) groups is 2. The van der Waals surface area contributed by atoms with Gasteiger partial charge in [0.05, 0.1) is 12.2 Å². The summed E-state index contributed by atoms with van der Waals surface area (Å²) in [5, 5.41) is 15.7. The van der Waals surface area contributed by atoms with Gasteiger partial charge < -0.3 is 10.0 Å². The second-order valence-corrected chi connectivity index (χ2v) is 4.96. The lowest BCUT2D eigenvalue weighted by Gasteiger charge is -2.25. The molecule has 1 N–H and O–H groups in total. The van der Waals surface area contributed by atoms with Gasteiger partial charge in [-0.2, -0.15) is 0 Å². The van der Waals surface area contributed by atoms with E-state index in [9.17, 15) is 18.4 Å². The highest BCUT2D eigenvalue weighted by Gasteiger charge is 2.20. The predicted molar refractivity (Wildman–Crippen MR) is 74.5 cm³/mol. The fraction of sp³-hybridized carbons (Fsp3) is 0.286. The molecule has 1 heterocycles. The quantitative estimate of drug-likeness (QED) is 0.900. The van der Waals surface area contributed by atoms with Crippen LogP contribution >= 0.6 is 0 Å². The van der Waals surface area contributed by atoms with Crippen molar-refractivity contribution >= 4 is 11.9 Å². The van der Waals surface area contributed by atoms with Crippen molar-refractivity contribution in [2.24, 2.45) is 0 Å². The Morgan fingerprint density at radius 2 is 2.04 bits per heavy atom. The number of likely N-dealkylation sites (N-methyl/N-ethyl adjacent to an activating group) is 1. The highest BCUT2D eigenvalue weighted by atomic mass is 19.2. The van der Waals surface area contributed by atoms with Gasteiger partial charge in [-0.1, -0.05) is 11.3 Å². The maximum Gasteiger partial charge on any atom is 0.358 e. The van der Waals surface area contributed by atoms with Crippen molar-refractivity contribution in [1.82, 2.24) is 19.9 Å². The van der Waals surface area contributed by atoms with Crippen molar-refractivity contribution in [3.8, 4) is 0 Å². The first kappa shape index (κ1) is 16.5. The van der Waals surface area contributed by atoms with Crippen LogP contribution in [0.25, 0.3) is 0 Å². The Hall–Kier alpha value is -2.84. The Morgan fingerprint density at radius 1 is 1.35 bits per heavy atom. The molecule has 23 heavy (non-hydrogen) atoms. The molecule has 0 radical (unpaired) electrons. The van der Waals surface area contributed by atoms with Gasteiger partial charge in [-0.05, 0) is 24.6 Å². The third-order valence-corrected chi connectivity index (χ3v) is 3.46. The van der Waals surface area contributed by atoms with Crippen LogP contribution in [-0.4, -0.2) is 43.9 Å². The number of hydrogen-bond acceptors (Lipinski definition) is 4. The summed E-state index contributed by atoms with van der Waals surface area (Å²) >= 11 is 0. The smallest absolute Gasteiger partial charge is 0.358 e. The number of amides is 1. The van der Waals surface area contributed by atoms with Crippen molar-refractivity contribution < 1.29 is 23.5 Å². The third kappa shape index (κ3) is 3.68. The van der Waals surface area contributed by atoms with Gasteiger partial charge >= 0.3 is 5.97 Å². The van der Waals surface area contributed by atoms with Gasteiger partial charge in [-0.3, -0.25) is 4.79 Å². The third-order valence-electron chi connectivity index (χ3n) is 3.46. The first-order chi connectivity index (χ1) is 10.8. The lowest BCUT2D eigenvalue weighted by Crippen LogP contribution is -2.32. The Bertz CT molecular complexity index is 747. The van der Waals surface area contributed by atoms with Crippen molar-refractivity contribution in [3.63, 3.8) is 0 Å². The van der Waals surface area contributed by atoms with E-state index in [0.717, 1.165) is 23.0 Å². The number of nitrogens with zero attached hydrogens (tertiary/aromatic N) is 4. The molecule has 7 nitrogen and oxygen atoms in total. The Labute approximate surface area is 130 Å². The number of hydrogen-bond donors (Lipinski definition) is 1. The summed E-state index contributed by atoms with van der Waals surface area (Å²) in [6, 6.07) is 2.92. The fourth-order valence-electron chi connectivity index (χ4n) is 1.94. The number of benzene rings is 1. The highest BCUT2D eigenvalue weighted by molar-refractivity contribution is 5.84. The molecule has 122 valence electrons. The Morgan fingerprint density at radius 3 is 2.61 bits per heavy atom. The van der Waals surface area contributed by atoms with E-state index in [1.165, 1.54) is 18.0 Å². The van der Waals surface area contributed by atoms with Crippen molar-refractivity contribution in [2.75, 3.05) is 7.05 Å². The second-order valence-electron chi connectivity index (χ2n) is 4.96. The van der Waals surface area contributed by atoms with Gasteiger partial charge in [0.25, 0.3) is 0 Å². The number of carbonyl (C=O) groups excluding carboxylic acids is 1. The first-order valence-corrected chi connectivity index (χ1v) is 6.63. The summed E-state index contributed by atoms with van der Waals surface area (Å²) in [5.74, 6) is -3.58. The average Bonchev–Trinajstić information content (AvgIpc) is 2.97. The van der Waals surface area contributed by atoms with Gasteiger partial charge in [0, 0.05) is 7.05 Å². The van der Waals surface area contributed by atoms with Crippen LogP contribution in [0.5, 0.6) is 0 Å². The topological polar surface area (TPSA) is 88.3 Å². The van der Waals surface area contributed by atoms with Gasteiger partial charge in [0.15, 0.2) is 17.3 Å². The molecule has 0 bridgehead atoms. The van der Waals surface area contributed by atoms with Crippen LogP contribution in [0.3, 0.4) is 0 Å². The molecule has 0 aliphatic heterocycles. The van der Waals surface area contributed by atoms with E-state index in [2.05, 4.69) is 10.3 Å². The molecular weight excluding hydrogens is 310 g/mol. The van der Waals surface area contributed by atoms with Gasteiger partial charge in [-0.25, -0.2) is 18.3 Å². The number of carboxylic acids is 1. The molecule has 2 rings (SSSR count). The molecule has 9 heteroatoms. The molecule has 1 atom stereocenters. The van der Waals surface area contributed by atoms with E-state index in [1.54, 1.807) is 6.92 Å². The number of aromatic nitrogens is 3. The number of rotatable bonds is 5. The zero-order chi connectivity index (χ0) is 17.1. The maximum atomic E-state index is 13.3. The maximum absolute atomic E-state index is 13.3. The summed E-state index contributed by atoms with van der Waals surface area (Å²) in [5.41, 5.74) is 0.165. The van der Waals surface area contributed by atoms with E-state index in [0.29, 0.717) is 5.56 Å². The minimum atomic E-state index is -1.24. The molecule has 0 saturated carbocycles. The number of halogens is 2. The Kier molecular flexibility index (Phi) is 4.68. The lowest BCUT2D eigenvalue weighted by atomic mass is 10.1. The zero-order valence-electron chi connectivity index (χ0n) is 12.4. The Balaban J connectivity index is 2.08. The molecule has 1 aromatic heterocycles. The first-order valence-electron chi connectivity index (χ1n) is 6.63. The molecule has 0 aliphatic carbocycles. The van der Waals surface area contributed by atoms with Gasteiger partial charge in [0.1, 0.15) is 6.54 Å². The summed E-state index contributed by atoms with van der Waals surface area (Å²) in [4.78, 5) is 24.2.